The summed E-state index contributed by atoms with van der Waals surface area (Å²) in [5, 5.41) is 3.49. The number of nitrogens with one attached hydrogen (secondary N) is 1. The van der Waals surface area contributed by atoms with Crippen LogP contribution < -0.4 is 5.32 Å². The van der Waals surface area contributed by atoms with Gasteiger partial charge in [0.2, 0.25) is 0 Å². The Bertz CT molecular complexity index is 168. The molecule has 3 unspecified atom stereocenters. The topological polar surface area (TPSA) is 24.5 Å². The number of likely N-dealkylation sites (N-methyl/N-ethyl adjacent to an activating group) is 1. The van der Waals surface area contributed by atoms with Crippen molar-refractivity contribution >= 4 is 0 Å². The number of hydrogen-bond acceptors (Lipinski definition) is 3. The molecule has 13 heavy (non-hydrogen) atoms. The van der Waals surface area contributed by atoms with Crippen LogP contribution in [0.2, 0.25) is 0 Å². The Morgan fingerprint density at radius 3 is 2.77 bits per heavy atom. The van der Waals surface area contributed by atoms with Crippen molar-refractivity contribution in [3.05, 3.63) is 0 Å². The Hall–Kier alpha value is -0.120. The van der Waals surface area contributed by atoms with Crippen molar-refractivity contribution in [3.8, 4) is 0 Å². The molecular weight excluding hydrogens is 164 g/mol. The molecule has 0 saturated carbocycles. The second kappa shape index (κ2) is 3.95. The van der Waals surface area contributed by atoms with E-state index in [0.29, 0.717) is 18.1 Å². The zero-order valence-electron chi connectivity index (χ0n) is 8.62. The van der Waals surface area contributed by atoms with E-state index in [1.165, 1.54) is 19.4 Å². The van der Waals surface area contributed by atoms with Gasteiger partial charge in [-0.3, -0.25) is 4.90 Å². The lowest BCUT2D eigenvalue weighted by Crippen LogP contribution is -2.45. The van der Waals surface area contributed by atoms with E-state index in [-0.39, 0.29) is 0 Å². The van der Waals surface area contributed by atoms with Gasteiger partial charge in [0.15, 0.2) is 0 Å². The van der Waals surface area contributed by atoms with Crippen molar-refractivity contribution in [3.63, 3.8) is 0 Å². The van der Waals surface area contributed by atoms with E-state index in [1.807, 2.05) is 0 Å². The van der Waals surface area contributed by atoms with Gasteiger partial charge in [-0.05, 0) is 33.4 Å². The van der Waals surface area contributed by atoms with Crippen molar-refractivity contribution in [2.75, 3.05) is 26.8 Å². The molecule has 2 heterocycles. The van der Waals surface area contributed by atoms with Gasteiger partial charge in [-0.1, -0.05) is 0 Å². The minimum atomic E-state index is 0.644. The maximum Gasteiger partial charge on any atom is 0.0622 e. The third-order valence-electron chi connectivity index (χ3n) is 3.49. The fourth-order valence-electron chi connectivity index (χ4n) is 2.52. The molecule has 3 heteroatoms. The highest BCUT2D eigenvalue weighted by molar-refractivity contribution is 4.90. The molecule has 0 aromatic heterocycles. The van der Waals surface area contributed by atoms with E-state index in [2.05, 4.69) is 24.2 Å². The van der Waals surface area contributed by atoms with E-state index >= 15 is 0 Å². The molecule has 1 N–H and O–H groups in total. The molecule has 0 radical (unpaired) electrons. The lowest BCUT2D eigenvalue weighted by Gasteiger charge is -2.31. The molecule has 2 aliphatic heterocycles. The van der Waals surface area contributed by atoms with Crippen molar-refractivity contribution < 1.29 is 4.74 Å². The Balaban J connectivity index is 1.91. The SMILES string of the molecule is CC1NCCC1N(C)C1CCOC1. The summed E-state index contributed by atoms with van der Waals surface area (Å²) >= 11 is 0. The second-order valence-electron chi connectivity index (χ2n) is 4.28. The number of rotatable bonds is 2. The van der Waals surface area contributed by atoms with Gasteiger partial charge in [-0.2, -0.15) is 0 Å². The molecule has 0 bridgehead atoms. The van der Waals surface area contributed by atoms with Gasteiger partial charge in [0.05, 0.1) is 6.61 Å². The standard InChI is InChI=1S/C10H20N2O/c1-8-10(3-5-11-8)12(2)9-4-6-13-7-9/h8-11H,3-7H2,1-2H3. The van der Waals surface area contributed by atoms with Gasteiger partial charge in [-0.25, -0.2) is 0 Å². The highest BCUT2D eigenvalue weighted by Crippen LogP contribution is 2.19. The Labute approximate surface area is 80.4 Å². The van der Waals surface area contributed by atoms with Gasteiger partial charge >= 0.3 is 0 Å². The summed E-state index contributed by atoms with van der Waals surface area (Å²) in [7, 11) is 2.24. The third-order valence-corrected chi connectivity index (χ3v) is 3.49. The molecule has 2 saturated heterocycles. The maximum atomic E-state index is 5.41. The highest BCUT2D eigenvalue weighted by atomic mass is 16.5. The molecule has 2 fully saturated rings. The van der Waals surface area contributed by atoms with Crippen molar-refractivity contribution in [2.24, 2.45) is 0 Å². The first-order chi connectivity index (χ1) is 6.29. The summed E-state index contributed by atoms with van der Waals surface area (Å²) in [5.41, 5.74) is 0. The number of ether oxygens (including phenoxy) is 1. The van der Waals surface area contributed by atoms with Crippen LogP contribution in [0.15, 0.2) is 0 Å². The zero-order valence-corrected chi connectivity index (χ0v) is 8.62. The molecule has 0 aromatic carbocycles. The summed E-state index contributed by atoms with van der Waals surface area (Å²) in [4.78, 5) is 2.51. The van der Waals surface area contributed by atoms with Crippen molar-refractivity contribution in [1.29, 1.82) is 0 Å². The van der Waals surface area contributed by atoms with Gasteiger partial charge in [-0.15, -0.1) is 0 Å². The monoisotopic (exact) mass is 184 g/mol. The predicted molar refractivity (Wildman–Crippen MR) is 52.9 cm³/mol. The summed E-state index contributed by atoms with van der Waals surface area (Å²) in [6, 6.07) is 2.02. The average molecular weight is 184 g/mol. The summed E-state index contributed by atoms with van der Waals surface area (Å²) < 4.78 is 5.41. The average Bonchev–Trinajstić information content (AvgIpc) is 2.72. The van der Waals surface area contributed by atoms with E-state index in [0.717, 1.165) is 13.2 Å². The molecule has 0 aromatic rings. The largest absolute Gasteiger partial charge is 0.380 e. The molecule has 0 aliphatic carbocycles. The Kier molecular flexibility index (Phi) is 2.86. The smallest absolute Gasteiger partial charge is 0.0622 e. The minimum absolute atomic E-state index is 0.644. The van der Waals surface area contributed by atoms with E-state index < -0.39 is 0 Å². The molecule has 3 atom stereocenters. The van der Waals surface area contributed by atoms with E-state index in [4.69, 9.17) is 4.74 Å². The molecule has 0 amide bonds. The summed E-state index contributed by atoms with van der Waals surface area (Å²) in [6.07, 6.45) is 2.49. The normalized spacial score (nSPS) is 40.4. The zero-order chi connectivity index (χ0) is 9.26. The molecule has 76 valence electrons. The van der Waals surface area contributed by atoms with Crippen LogP contribution >= 0.6 is 0 Å². The fourth-order valence-corrected chi connectivity index (χ4v) is 2.52. The highest BCUT2D eigenvalue weighted by Gasteiger charge is 2.31. The van der Waals surface area contributed by atoms with Gasteiger partial charge < -0.3 is 10.1 Å². The minimum Gasteiger partial charge on any atom is -0.380 e. The van der Waals surface area contributed by atoms with Crippen LogP contribution in [-0.2, 0) is 4.74 Å². The van der Waals surface area contributed by atoms with Crippen LogP contribution in [0, 0.1) is 0 Å². The first-order valence-electron chi connectivity index (χ1n) is 5.32. The second-order valence-corrected chi connectivity index (χ2v) is 4.28. The Morgan fingerprint density at radius 1 is 1.38 bits per heavy atom. The van der Waals surface area contributed by atoms with Crippen LogP contribution in [0.1, 0.15) is 19.8 Å². The molecule has 2 aliphatic rings. The summed E-state index contributed by atoms with van der Waals surface area (Å²) in [6.45, 7) is 5.33. The molecular formula is C10H20N2O. The third kappa shape index (κ3) is 1.87. The lowest BCUT2D eigenvalue weighted by molar-refractivity contribution is 0.128. The molecule has 2 rings (SSSR count). The molecule has 0 spiro atoms. The van der Waals surface area contributed by atoms with Gasteiger partial charge in [0.25, 0.3) is 0 Å². The van der Waals surface area contributed by atoms with Gasteiger partial charge in [0, 0.05) is 24.7 Å². The van der Waals surface area contributed by atoms with Crippen molar-refractivity contribution in [1.82, 2.24) is 10.2 Å². The predicted octanol–water partition coefficient (Wildman–Crippen LogP) is 0.457. The van der Waals surface area contributed by atoms with Gasteiger partial charge in [0.1, 0.15) is 0 Å². The van der Waals surface area contributed by atoms with E-state index in [9.17, 15) is 0 Å². The lowest BCUT2D eigenvalue weighted by atomic mass is 10.1. The number of hydrogen-bond donors (Lipinski definition) is 1. The van der Waals surface area contributed by atoms with Crippen LogP contribution in [0.4, 0.5) is 0 Å². The first-order valence-corrected chi connectivity index (χ1v) is 5.32. The Morgan fingerprint density at radius 2 is 2.23 bits per heavy atom. The van der Waals surface area contributed by atoms with E-state index in [1.54, 1.807) is 0 Å². The van der Waals surface area contributed by atoms with Crippen molar-refractivity contribution in [2.45, 2.75) is 37.9 Å². The summed E-state index contributed by atoms with van der Waals surface area (Å²) in [5.74, 6) is 0. The van der Waals surface area contributed by atoms with Crippen LogP contribution in [0.25, 0.3) is 0 Å². The maximum absolute atomic E-state index is 5.41. The van der Waals surface area contributed by atoms with Crippen LogP contribution in [0.3, 0.4) is 0 Å². The molecule has 3 nitrogen and oxygen atoms in total. The number of nitrogens with zero attached hydrogens (tertiary/aromatic N) is 1. The van der Waals surface area contributed by atoms with Crippen LogP contribution in [-0.4, -0.2) is 49.8 Å². The van der Waals surface area contributed by atoms with Crippen LogP contribution in [0.5, 0.6) is 0 Å². The quantitative estimate of drug-likeness (QED) is 0.674. The first kappa shape index (κ1) is 9.44. The fraction of sp³-hybridized carbons (Fsp3) is 1.00.